The topological polar surface area (TPSA) is 80.8 Å². The molecule has 0 bridgehead atoms. The normalized spacial score (nSPS) is 25.6. The van der Waals surface area contributed by atoms with Crippen molar-refractivity contribution in [2.75, 3.05) is 19.4 Å². The molecule has 2 aliphatic rings. The van der Waals surface area contributed by atoms with Gasteiger partial charge in [-0.3, -0.25) is 9.59 Å². The maximum Gasteiger partial charge on any atom is 0.308 e. The third-order valence-corrected chi connectivity index (χ3v) is 7.65. The van der Waals surface area contributed by atoms with Crippen LogP contribution in [-0.2, 0) is 19.6 Å². The third kappa shape index (κ3) is 4.64. The van der Waals surface area contributed by atoms with E-state index in [0.29, 0.717) is 31.4 Å². The summed E-state index contributed by atoms with van der Waals surface area (Å²) in [5, 5.41) is -0.548. The minimum Gasteiger partial charge on any atom is -0.469 e. The molecule has 28 heavy (non-hydrogen) atoms. The van der Waals surface area contributed by atoms with Crippen molar-refractivity contribution in [2.24, 2.45) is 11.8 Å². The number of nitrogens with zero attached hydrogens (tertiary/aromatic N) is 1. The van der Waals surface area contributed by atoms with Crippen LogP contribution in [0.4, 0.5) is 0 Å². The maximum atomic E-state index is 12.8. The molecule has 1 aliphatic heterocycles. The summed E-state index contributed by atoms with van der Waals surface area (Å²) >= 11 is 5.48. The monoisotopic (exact) mass is 425 g/mol. The first-order chi connectivity index (χ1) is 13.3. The highest BCUT2D eigenvalue weighted by atomic mass is 35.5. The molecule has 8 heteroatoms. The van der Waals surface area contributed by atoms with Crippen LogP contribution in [0.15, 0.2) is 30.3 Å². The number of ether oxygens (including phenoxy) is 1. The van der Waals surface area contributed by atoms with Crippen LogP contribution in [0.25, 0.3) is 6.08 Å². The predicted molar refractivity (Wildman–Crippen MR) is 107 cm³/mol. The van der Waals surface area contributed by atoms with Crippen LogP contribution in [0.1, 0.15) is 41.6 Å². The van der Waals surface area contributed by atoms with Crippen molar-refractivity contribution in [1.29, 1.82) is 0 Å². The number of carbonyl (C=O) groups excluding carboxylic acids is 2. The molecular formula is C20H24ClNO5S. The van der Waals surface area contributed by atoms with Gasteiger partial charge in [-0.25, -0.2) is 8.42 Å². The molecule has 0 radical (unpaired) electrons. The van der Waals surface area contributed by atoms with Crippen LogP contribution in [-0.4, -0.2) is 49.4 Å². The lowest BCUT2D eigenvalue weighted by atomic mass is 9.78. The van der Waals surface area contributed by atoms with Crippen LogP contribution < -0.4 is 0 Å². The van der Waals surface area contributed by atoms with E-state index in [1.54, 1.807) is 40.7 Å². The number of methoxy groups -OCH3 is 1. The van der Waals surface area contributed by atoms with Gasteiger partial charge in [-0.05, 0) is 54.8 Å². The van der Waals surface area contributed by atoms with Gasteiger partial charge in [0.25, 0.3) is 5.24 Å². The van der Waals surface area contributed by atoms with Gasteiger partial charge in [0.15, 0.2) is 0 Å². The zero-order chi connectivity index (χ0) is 20.3. The number of halogens is 1. The van der Waals surface area contributed by atoms with Crippen LogP contribution in [0.2, 0.25) is 0 Å². The Morgan fingerprint density at radius 1 is 1.29 bits per heavy atom. The number of fused-ring (bicyclic) bond motifs is 1. The molecule has 3 atom stereocenters. The smallest absolute Gasteiger partial charge is 0.308 e. The number of hydrogen-bond acceptors (Lipinski definition) is 5. The summed E-state index contributed by atoms with van der Waals surface area (Å²) in [6.45, 7) is 0.496. The average Bonchev–Trinajstić information content (AvgIpc) is 3.11. The molecule has 1 aromatic rings. The van der Waals surface area contributed by atoms with Crippen LogP contribution in [0.3, 0.4) is 0 Å². The van der Waals surface area contributed by atoms with Crippen LogP contribution >= 0.6 is 11.6 Å². The lowest BCUT2D eigenvalue weighted by molar-refractivity contribution is -0.147. The second-order valence-electron chi connectivity index (χ2n) is 7.34. The number of esters is 1. The summed E-state index contributed by atoms with van der Waals surface area (Å²) < 4.78 is 32.1. The predicted octanol–water partition coefficient (Wildman–Crippen LogP) is 3.07. The fraction of sp³-hybridized carbons (Fsp3) is 0.500. The molecule has 1 saturated heterocycles. The van der Waals surface area contributed by atoms with Gasteiger partial charge in [0.1, 0.15) is 0 Å². The van der Waals surface area contributed by atoms with Gasteiger partial charge in [0.05, 0.1) is 18.8 Å². The summed E-state index contributed by atoms with van der Waals surface area (Å²) in [6, 6.07) is 6.69. The molecule has 2 fully saturated rings. The van der Waals surface area contributed by atoms with Crippen molar-refractivity contribution in [3.8, 4) is 0 Å². The lowest BCUT2D eigenvalue weighted by Gasteiger charge is -2.34. The summed E-state index contributed by atoms with van der Waals surface area (Å²) in [5.74, 6) is -0.204. The average molecular weight is 426 g/mol. The largest absolute Gasteiger partial charge is 0.469 e. The van der Waals surface area contributed by atoms with Crippen LogP contribution in [0, 0.1) is 11.8 Å². The third-order valence-electron chi connectivity index (χ3n) is 5.66. The summed E-state index contributed by atoms with van der Waals surface area (Å²) in [5.41, 5.74) is 1.09. The summed E-state index contributed by atoms with van der Waals surface area (Å²) in [4.78, 5) is 23.0. The molecule has 3 rings (SSSR count). The Kier molecular flexibility index (Phi) is 6.58. The summed E-state index contributed by atoms with van der Waals surface area (Å²) in [6.07, 6.45) is 6.10. The number of hydrogen-bond donors (Lipinski definition) is 0. The van der Waals surface area contributed by atoms with Gasteiger partial charge in [-0.2, -0.15) is 4.31 Å². The number of rotatable bonds is 6. The molecule has 0 amide bonds. The van der Waals surface area contributed by atoms with Crippen molar-refractivity contribution < 1.29 is 22.7 Å². The maximum absolute atomic E-state index is 12.8. The van der Waals surface area contributed by atoms with Crippen molar-refractivity contribution >= 4 is 38.9 Å². The number of sulfonamides is 1. The van der Waals surface area contributed by atoms with Crippen LogP contribution in [0.5, 0.6) is 0 Å². The molecule has 1 heterocycles. The van der Waals surface area contributed by atoms with Crippen molar-refractivity contribution in [3.05, 3.63) is 41.5 Å². The van der Waals surface area contributed by atoms with E-state index in [-0.39, 0.29) is 29.6 Å². The van der Waals surface area contributed by atoms with E-state index in [1.165, 1.54) is 7.11 Å². The van der Waals surface area contributed by atoms with Crippen molar-refractivity contribution in [1.82, 2.24) is 4.31 Å². The van der Waals surface area contributed by atoms with E-state index in [2.05, 4.69) is 0 Å². The Morgan fingerprint density at radius 3 is 2.79 bits per heavy atom. The zero-order valence-electron chi connectivity index (χ0n) is 15.7. The first-order valence-electron chi connectivity index (χ1n) is 9.35. The molecule has 152 valence electrons. The number of carbonyl (C=O) groups is 2. The van der Waals surface area contributed by atoms with Gasteiger partial charge in [0, 0.05) is 18.2 Å². The lowest BCUT2D eigenvalue weighted by Crippen LogP contribution is -2.42. The van der Waals surface area contributed by atoms with Gasteiger partial charge in [-0.15, -0.1) is 0 Å². The van der Waals surface area contributed by atoms with E-state index in [1.807, 2.05) is 0 Å². The van der Waals surface area contributed by atoms with Crippen molar-refractivity contribution in [3.63, 3.8) is 0 Å². The Balaban J connectivity index is 1.63. The Bertz CT molecular complexity index is 882. The molecular weight excluding hydrogens is 402 g/mol. The molecule has 0 N–H and O–H groups in total. The first kappa shape index (κ1) is 21.0. The highest BCUT2D eigenvalue weighted by molar-refractivity contribution is 7.89. The SMILES string of the molecule is COC(=O)C1CCC2C(CCN2S(=O)(=O)CC=Cc2cccc(C(=O)Cl)c2)C1. The van der Waals surface area contributed by atoms with E-state index < -0.39 is 15.3 Å². The Hall–Kier alpha value is -1.70. The van der Waals surface area contributed by atoms with E-state index in [0.717, 1.165) is 12.0 Å². The molecule has 0 spiro atoms. The Morgan fingerprint density at radius 2 is 2.07 bits per heavy atom. The minimum absolute atomic E-state index is 0.0310. The standard InChI is InChI=1S/C20H24ClNO5S/c1-27-20(24)17-7-8-18-15(13-17)9-10-22(18)28(25,26)11-3-5-14-4-2-6-16(12-14)19(21)23/h2-6,12,15,17-18H,7-11,13H2,1H3. The fourth-order valence-electron chi connectivity index (χ4n) is 4.29. The quantitative estimate of drug-likeness (QED) is 0.516. The second-order valence-corrected chi connectivity index (χ2v) is 9.65. The first-order valence-corrected chi connectivity index (χ1v) is 11.3. The summed E-state index contributed by atoms with van der Waals surface area (Å²) in [7, 11) is -2.04. The van der Waals surface area contributed by atoms with Gasteiger partial charge in [0.2, 0.25) is 10.0 Å². The van der Waals surface area contributed by atoms with E-state index >= 15 is 0 Å². The molecule has 1 aromatic carbocycles. The van der Waals surface area contributed by atoms with Gasteiger partial charge < -0.3 is 4.74 Å². The highest BCUT2D eigenvalue weighted by Crippen LogP contribution is 2.40. The van der Waals surface area contributed by atoms with Gasteiger partial charge >= 0.3 is 5.97 Å². The molecule has 6 nitrogen and oxygen atoms in total. The fourth-order valence-corrected chi connectivity index (χ4v) is 6.01. The molecule has 1 saturated carbocycles. The van der Waals surface area contributed by atoms with Crippen molar-refractivity contribution in [2.45, 2.75) is 31.7 Å². The molecule has 1 aliphatic carbocycles. The van der Waals surface area contributed by atoms with E-state index in [9.17, 15) is 18.0 Å². The van der Waals surface area contributed by atoms with Gasteiger partial charge in [-0.1, -0.05) is 30.4 Å². The molecule has 3 unspecified atom stereocenters. The highest BCUT2D eigenvalue weighted by Gasteiger charge is 2.44. The number of benzene rings is 1. The van der Waals surface area contributed by atoms with E-state index in [4.69, 9.17) is 16.3 Å². The zero-order valence-corrected chi connectivity index (χ0v) is 17.3. The second kappa shape index (κ2) is 8.76. The molecule has 0 aromatic heterocycles. The Labute approximate surface area is 170 Å². The minimum atomic E-state index is -3.43.